The van der Waals surface area contributed by atoms with Gasteiger partial charge in [-0.1, -0.05) is 18.2 Å². The third-order valence-corrected chi connectivity index (χ3v) is 6.93. The average Bonchev–Trinajstić information content (AvgIpc) is 3.31. The summed E-state index contributed by atoms with van der Waals surface area (Å²) in [5.74, 6) is 0.320. The zero-order valence-electron chi connectivity index (χ0n) is 14.8. The Labute approximate surface area is 162 Å². The Morgan fingerprint density at radius 1 is 1.15 bits per heavy atom. The first-order valence-corrected chi connectivity index (χ1v) is 11.0. The number of fused-ring (bicyclic) bond motifs is 1. The maximum Gasteiger partial charge on any atom is 0.222 e. The summed E-state index contributed by atoms with van der Waals surface area (Å²) in [7, 11) is 0. The smallest absolute Gasteiger partial charge is 0.222 e. The van der Waals surface area contributed by atoms with E-state index < -0.39 is 0 Å². The summed E-state index contributed by atoms with van der Waals surface area (Å²) in [6.45, 7) is 4.76. The van der Waals surface area contributed by atoms with Crippen molar-refractivity contribution in [1.29, 1.82) is 0 Å². The second kappa shape index (κ2) is 8.29. The number of rotatable bonds is 6. The Balaban J connectivity index is 1.22. The summed E-state index contributed by atoms with van der Waals surface area (Å²) in [6.07, 6.45) is 2.65. The number of thiazole rings is 1. The van der Waals surface area contributed by atoms with Crippen molar-refractivity contribution in [1.82, 2.24) is 9.88 Å². The van der Waals surface area contributed by atoms with Gasteiger partial charge >= 0.3 is 0 Å². The fourth-order valence-corrected chi connectivity index (χ4v) is 5.28. The van der Waals surface area contributed by atoms with E-state index in [1.165, 1.54) is 19.5 Å². The molecule has 26 heavy (non-hydrogen) atoms. The number of carbonyl (C=O) groups excluding carboxylic acids is 1. The molecule has 4 nitrogen and oxygen atoms in total. The number of aromatic nitrogens is 1. The van der Waals surface area contributed by atoms with Gasteiger partial charge < -0.3 is 9.80 Å². The fourth-order valence-electron chi connectivity index (χ4n) is 3.49. The molecule has 3 aromatic rings. The van der Waals surface area contributed by atoms with Crippen LogP contribution < -0.4 is 4.90 Å². The van der Waals surface area contributed by atoms with Crippen molar-refractivity contribution in [2.24, 2.45) is 0 Å². The normalized spacial score (nSPS) is 15.6. The van der Waals surface area contributed by atoms with E-state index in [1.807, 2.05) is 6.07 Å². The number of para-hydroxylation sites is 1. The van der Waals surface area contributed by atoms with Crippen LogP contribution in [0.5, 0.6) is 0 Å². The van der Waals surface area contributed by atoms with Crippen molar-refractivity contribution in [2.75, 3.05) is 26.2 Å². The summed E-state index contributed by atoms with van der Waals surface area (Å²) < 4.78 is 1.27. The molecule has 1 aromatic carbocycles. The molecule has 0 atom stereocenters. The first-order chi connectivity index (χ1) is 12.8. The monoisotopic (exact) mass is 386 g/mol. The number of hydrogen-bond donors (Lipinski definition) is 1. The highest BCUT2D eigenvalue weighted by molar-refractivity contribution is 7.18. The van der Waals surface area contributed by atoms with E-state index in [9.17, 15) is 4.79 Å². The number of amides is 1. The average molecular weight is 387 g/mol. The first kappa shape index (κ1) is 17.6. The molecule has 1 amide bonds. The molecule has 0 bridgehead atoms. The van der Waals surface area contributed by atoms with Crippen LogP contribution in [0, 0.1) is 0 Å². The Kier molecular flexibility index (Phi) is 5.62. The van der Waals surface area contributed by atoms with Gasteiger partial charge in [-0.3, -0.25) is 4.79 Å². The summed E-state index contributed by atoms with van der Waals surface area (Å²) in [6, 6.07) is 12.6. The van der Waals surface area contributed by atoms with E-state index in [-0.39, 0.29) is 0 Å². The highest BCUT2D eigenvalue weighted by atomic mass is 32.1. The molecule has 1 saturated heterocycles. The van der Waals surface area contributed by atoms with Gasteiger partial charge in [-0.15, -0.1) is 22.7 Å². The molecule has 1 aliphatic heterocycles. The van der Waals surface area contributed by atoms with Crippen LogP contribution in [0.1, 0.15) is 22.7 Å². The predicted octanol–water partition coefficient (Wildman–Crippen LogP) is 2.61. The molecule has 0 aliphatic carbocycles. The molecule has 0 spiro atoms. The number of aryl methyl sites for hydroxylation is 1. The maximum atomic E-state index is 12.4. The van der Waals surface area contributed by atoms with Crippen LogP contribution in [0.3, 0.4) is 0 Å². The SMILES string of the molecule is O=C(CCCc1cccs1)N1CC[NH+](Cc2nc3ccccc3s2)CC1. The molecule has 2 aromatic heterocycles. The van der Waals surface area contributed by atoms with Crippen molar-refractivity contribution in [3.63, 3.8) is 0 Å². The molecule has 0 unspecified atom stereocenters. The molecule has 136 valence electrons. The van der Waals surface area contributed by atoms with E-state index in [2.05, 4.69) is 40.6 Å². The lowest BCUT2D eigenvalue weighted by Crippen LogP contribution is -3.13. The Hall–Kier alpha value is -1.76. The van der Waals surface area contributed by atoms with Crippen molar-refractivity contribution >= 4 is 38.8 Å². The van der Waals surface area contributed by atoms with Crippen LogP contribution in [-0.2, 0) is 17.8 Å². The van der Waals surface area contributed by atoms with E-state index in [4.69, 9.17) is 4.98 Å². The number of nitrogens with one attached hydrogen (secondary N) is 1. The molecule has 4 rings (SSSR count). The van der Waals surface area contributed by atoms with Crippen LogP contribution in [-0.4, -0.2) is 42.0 Å². The maximum absolute atomic E-state index is 12.4. The largest absolute Gasteiger partial charge is 0.331 e. The molecule has 0 saturated carbocycles. The van der Waals surface area contributed by atoms with Crippen LogP contribution in [0.25, 0.3) is 10.2 Å². The molecule has 3 heterocycles. The van der Waals surface area contributed by atoms with Gasteiger partial charge in [-0.2, -0.15) is 0 Å². The summed E-state index contributed by atoms with van der Waals surface area (Å²) in [5.41, 5.74) is 1.10. The van der Waals surface area contributed by atoms with Gasteiger partial charge in [0.25, 0.3) is 0 Å². The van der Waals surface area contributed by atoms with Crippen LogP contribution in [0.15, 0.2) is 41.8 Å². The quantitative estimate of drug-likeness (QED) is 0.707. The minimum absolute atomic E-state index is 0.320. The highest BCUT2D eigenvalue weighted by Gasteiger charge is 2.24. The van der Waals surface area contributed by atoms with Gasteiger partial charge in [0.05, 0.1) is 36.4 Å². The van der Waals surface area contributed by atoms with Gasteiger partial charge in [0.15, 0.2) is 0 Å². The Bertz CT molecular complexity index is 818. The number of piperazine rings is 1. The number of nitrogens with zero attached hydrogens (tertiary/aromatic N) is 2. The zero-order valence-corrected chi connectivity index (χ0v) is 16.5. The zero-order chi connectivity index (χ0) is 17.8. The molecule has 6 heteroatoms. The topological polar surface area (TPSA) is 37.6 Å². The van der Waals surface area contributed by atoms with Gasteiger partial charge in [0.2, 0.25) is 5.91 Å². The Morgan fingerprint density at radius 3 is 2.77 bits per heavy atom. The van der Waals surface area contributed by atoms with Crippen LogP contribution >= 0.6 is 22.7 Å². The van der Waals surface area contributed by atoms with E-state index >= 15 is 0 Å². The molecule has 1 N–H and O–H groups in total. The first-order valence-electron chi connectivity index (χ1n) is 9.26. The summed E-state index contributed by atoms with van der Waals surface area (Å²) >= 11 is 3.58. The second-order valence-corrected chi connectivity index (χ2v) is 8.96. The van der Waals surface area contributed by atoms with Crippen molar-refractivity contribution < 1.29 is 9.69 Å². The Morgan fingerprint density at radius 2 is 2.00 bits per heavy atom. The van der Waals surface area contributed by atoms with Gasteiger partial charge in [-0.05, 0) is 36.4 Å². The number of hydrogen-bond acceptors (Lipinski definition) is 4. The molecule has 1 fully saturated rings. The summed E-state index contributed by atoms with van der Waals surface area (Å²) in [4.78, 5) is 22.1. The van der Waals surface area contributed by atoms with Crippen LogP contribution in [0.4, 0.5) is 0 Å². The van der Waals surface area contributed by atoms with Crippen molar-refractivity contribution in [2.45, 2.75) is 25.8 Å². The molecule has 1 aliphatic rings. The van der Waals surface area contributed by atoms with E-state index in [0.717, 1.165) is 51.1 Å². The third kappa shape index (κ3) is 4.31. The standard InChI is InChI=1S/C20H23N3OS2/c24-20(9-3-5-16-6-4-14-25-16)23-12-10-22(11-13-23)15-19-21-17-7-1-2-8-18(17)26-19/h1-2,4,6-8,14H,3,5,9-13,15H2/p+1. The predicted molar refractivity (Wildman–Crippen MR) is 108 cm³/mol. The van der Waals surface area contributed by atoms with Gasteiger partial charge in [0, 0.05) is 11.3 Å². The lowest BCUT2D eigenvalue weighted by atomic mass is 10.2. The molecular weight excluding hydrogens is 362 g/mol. The highest BCUT2D eigenvalue weighted by Crippen LogP contribution is 2.20. The lowest BCUT2D eigenvalue weighted by Gasteiger charge is -2.31. The van der Waals surface area contributed by atoms with E-state index in [0.29, 0.717) is 12.3 Å². The van der Waals surface area contributed by atoms with Crippen LogP contribution in [0.2, 0.25) is 0 Å². The number of benzene rings is 1. The van der Waals surface area contributed by atoms with Crippen molar-refractivity contribution in [3.8, 4) is 0 Å². The molecular formula is C20H24N3OS2+. The number of thiophene rings is 1. The third-order valence-electron chi connectivity index (χ3n) is 4.96. The lowest BCUT2D eigenvalue weighted by molar-refractivity contribution is -0.917. The number of quaternary nitrogens is 1. The molecule has 0 radical (unpaired) electrons. The van der Waals surface area contributed by atoms with E-state index in [1.54, 1.807) is 22.7 Å². The van der Waals surface area contributed by atoms with Gasteiger partial charge in [-0.25, -0.2) is 4.98 Å². The van der Waals surface area contributed by atoms with Crippen molar-refractivity contribution in [3.05, 3.63) is 51.7 Å². The summed E-state index contributed by atoms with van der Waals surface area (Å²) in [5, 5.41) is 3.31. The minimum atomic E-state index is 0.320. The minimum Gasteiger partial charge on any atom is -0.331 e. The van der Waals surface area contributed by atoms with Gasteiger partial charge in [0.1, 0.15) is 11.6 Å². The fraction of sp³-hybridized carbons (Fsp3) is 0.400. The number of carbonyl (C=O) groups is 1. The second-order valence-electron chi connectivity index (χ2n) is 6.82.